The van der Waals surface area contributed by atoms with E-state index in [0.29, 0.717) is 6.61 Å². The van der Waals surface area contributed by atoms with Crippen LogP contribution in [0.3, 0.4) is 0 Å². The number of aromatic nitrogens is 2. The van der Waals surface area contributed by atoms with Crippen LogP contribution in [0, 0.1) is 13.8 Å². The molecule has 0 aliphatic carbocycles. The average Bonchev–Trinajstić information content (AvgIpc) is 3.24. The maximum atomic E-state index is 12.9. The first-order valence-corrected chi connectivity index (χ1v) is 9.02. The van der Waals surface area contributed by atoms with E-state index in [1.54, 1.807) is 0 Å². The molecule has 2 aromatic rings. The van der Waals surface area contributed by atoms with E-state index in [-0.39, 0.29) is 18.1 Å². The fourth-order valence-corrected chi connectivity index (χ4v) is 3.88. The molecule has 24 heavy (non-hydrogen) atoms. The Bertz CT molecular complexity index is 722. The largest absolute Gasteiger partial charge is 0.368 e. The van der Waals surface area contributed by atoms with Gasteiger partial charge in [0.2, 0.25) is 0 Å². The molecule has 1 aromatic heterocycles. The quantitative estimate of drug-likeness (QED) is 0.919. The number of amides is 1. The first kappa shape index (κ1) is 15.6. The topological polar surface area (TPSA) is 58.2 Å². The fourth-order valence-electron chi connectivity index (χ4n) is 3.88. The number of H-pyrrole nitrogens is 1. The van der Waals surface area contributed by atoms with Crippen LogP contribution in [0.4, 0.5) is 0 Å². The van der Waals surface area contributed by atoms with Gasteiger partial charge in [-0.25, -0.2) is 4.98 Å². The minimum atomic E-state index is -0.250. The van der Waals surface area contributed by atoms with Crippen molar-refractivity contribution in [1.29, 1.82) is 0 Å². The van der Waals surface area contributed by atoms with E-state index in [2.05, 4.69) is 31.0 Å². The third-order valence-corrected chi connectivity index (χ3v) is 5.42. The van der Waals surface area contributed by atoms with E-state index in [1.165, 1.54) is 11.1 Å². The number of nitrogens with zero attached hydrogens (tertiary/aromatic N) is 2. The number of hydrogen-bond acceptors (Lipinski definition) is 3. The Morgan fingerprint density at radius 3 is 2.83 bits per heavy atom. The summed E-state index contributed by atoms with van der Waals surface area (Å²) in [4.78, 5) is 23.1. The summed E-state index contributed by atoms with van der Waals surface area (Å²) in [5, 5.41) is 0. The molecule has 0 bridgehead atoms. The maximum absolute atomic E-state index is 12.9. The monoisotopic (exact) mass is 327 g/mol. The summed E-state index contributed by atoms with van der Waals surface area (Å²) in [6.45, 7) is 5.73. The zero-order valence-electron chi connectivity index (χ0n) is 14.5. The number of imidazole rings is 1. The van der Waals surface area contributed by atoms with Crippen molar-refractivity contribution in [2.45, 2.75) is 58.1 Å². The molecular weight excluding hydrogens is 302 g/mol. The molecule has 2 aliphatic heterocycles. The lowest BCUT2D eigenvalue weighted by atomic mass is 10.0. The van der Waals surface area contributed by atoms with Crippen LogP contribution in [-0.4, -0.2) is 40.0 Å². The standard InChI is InChI=1S/C19H25N3O2/c1-12-10-14-15(11-13(12)2)21-18(20-14)16-6-3-4-8-22(16)19(23)17-7-5-9-24-17/h10-11,16-17H,3-9H2,1-2H3,(H,20,21)/t16-,17+/m1/s1. The van der Waals surface area contributed by atoms with Crippen molar-refractivity contribution in [3.05, 3.63) is 29.1 Å². The minimum absolute atomic E-state index is 0.0449. The highest BCUT2D eigenvalue weighted by atomic mass is 16.5. The molecule has 2 fully saturated rings. The molecule has 0 unspecified atom stereocenters. The summed E-state index contributed by atoms with van der Waals surface area (Å²) in [6.07, 6.45) is 4.75. The SMILES string of the molecule is Cc1cc2nc([C@H]3CCCCN3C(=O)[C@@H]3CCCO3)[nH]c2cc1C. The van der Waals surface area contributed by atoms with E-state index >= 15 is 0 Å². The van der Waals surface area contributed by atoms with Gasteiger partial charge in [0.15, 0.2) is 0 Å². The van der Waals surface area contributed by atoms with Crippen molar-refractivity contribution in [3.8, 4) is 0 Å². The fraction of sp³-hybridized carbons (Fsp3) is 0.579. The number of piperidine rings is 1. The molecule has 0 saturated carbocycles. The average molecular weight is 327 g/mol. The van der Waals surface area contributed by atoms with Crippen LogP contribution in [0.5, 0.6) is 0 Å². The highest BCUT2D eigenvalue weighted by Crippen LogP contribution is 2.32. The molecule has 1 aromatic carbocycles. The van der Waals surface area contributed by atoms with Crippen LogP contribution in [0.1, 0.15) is 55.1 Å². The first-order chi connectivity index (χ1) is 11.6. The molecular formula is C19H25N3O2. The predicted molar refractivity (Wildman–Crippen MR) is 92.8 cm³/mol. The van der Waals surface area contributed by atoms with Crippen LogP contribution in [0.2, 0.25) is 0 Å². The minimum Gasteiger partial charge on any atom is -0.368 e. The number of nitrogens with one attached hydrogen (secondary N) is 1. The normalized spacial score (nSPS) is 24.7. The van der Waals surface area contributed by atoms with Gasteiger partial charge in [0.1, 0.15) is 11.9 Å². The number of fused-ring (bicyclic) bond motifs is 1. The summed E-state index contributed by atoms with van der Waals surface area (Å²) in [5.74, 6) is 1.06. The Labute approximate surface area is 142 Å². The summed E-state index contributed by atoms with van der Waals surface area (Å²) < 4.78 is 5.62. The number of likely N-dealkylation sites (tertiary alicyclic amines) is 1. The third-order valence-electron chi connectivity index (χ3n) is 5.42. The van der Waals surface area contributed by atoms with Gasteiger partial charge in [0.25, 0.3) is 5.91 Å². The molecule has 0 radical (unpaired) electrons. The molecule has 1 amide bonds. The summed E-state index contributed by atoms with van der Waals surface area (Å²) in [7, 11) is 0. The van der Waals surface area contributed by atoms with Gasteiger partial charge in [-0.1, -0.05) is 0 Å². The number of carbonyl (C=O) groups excluding carboxylic acids is 1. The van der Waals surface area contributed by atoms with E-state index in [9.17, 15) is 4.79 Å². The van der Waals surface area contributed by atoms with E-state index in [1.807, 2.05) is 4.90 Å². The Kier molecular flexibility index (Phi) is 4.04. The van der Waals surface area contributed by atoms with Crippen LogP contribution in [0.25, 0.3) is 11.0 Å². The van der Waals surface area contributed by atoms with Gasteiger partial charge >= 0.3 is 0 Å². The van der Waals surface area contributed by atoms with Crippen molar-refractivity contribution in [2.24, 2.45) is 0 Å². The van der Waals surface area contributed by atoms with Crippen LogP contribution in [0.15, 0.2) is 12.1 Å². The van der Waals surface area contributed by atoms with Crippen molar-refractivity contribution < 1.29 is 9.53 Å². The van der Waals surface area contributed by atoms with Gasteiger partial charge < -0.3 is 14.6 Å². The van der Waals surface area contributed by atoms with Crippen LogP contribution < -0.4 is 0 Å². The molecule has 2 atom stereocenters. The van der Waals surface area contributed by atoms with Crippen LogP contribution >= 0.6 is 0 Å². The molecule has 2 aliphatic rings. The Morgan fingerprint density at radius 2 is 2.04 bits per heavy atom. The molecule has 2 saturated heterocycles. The van der Waals surface area contributed by atoms with Crippen molar-refractivity contribution in [3.63, 3.8) is 0 Å². The number of carbonyl (C=O) groups is 1. The van der Waals surface area contributed by atoms with Gasteiger partial charge in [0.05, 0.1) is 17.1 Å². The smallest absolute Gasteiger partial charge is 0.252 e. The van der Waals surface area contributed by atoms with E-state index < -0.39 is 0 Å². The predicted octanol–water partition coefficient (Wildman–Crippen LogP) is 3.41. The lowest BCUT2D eigenvalue weighted by Gasteiger charge is -2.35. The highest BCUT2D eigenvalue weighted by Gasteiger charge is 2.35. The number of rotatable bonds is 2. The Morgan fingerprint density at radius 1 is 1.21 bits per heavy atom. The highest BCUT2D eigenvalue weighted by molar-refractivity contribution is 5.82. The lowest BCUT2D eigenvalue weighted by Crippen LogP contribution is -2.44. The molecule has 0 spiro atoms. The van der Waals surface area contributed by atoms with Crippen LogP contribution in [-0.2, 0) is 9.53 Å². The number of aromatic amines is 1. The van der Waals surface area contributed by atoms with Gasteiger partial charge in [-0.2, -0.15) is 0 Å². The summed E-state index contributed by atoms with van der Waals surface area (Å²) in [5.41, 5.74) is 4.55. The second kappa shape index (κ2) is 6.20. The first-order valence-electron chi connectivity index (χ1n) is 9.02. The second-order valence-corrected chi connectivity index (χ2v) is 7.12. The second-order valence-electron chi connectivity index (χ2n) is 7.12. The third kappa shape index (κ3) is 2.71. The van der Waals surface area contributed by atoms with Crippen molar-refractivity contribution >= 4 is 16.9 Å². The number of benzene rings is 1. The summed E-state index contributed by atoms with van der Waals surface area (Å²) >= 11 is 0. The lowest BCUT2D eigenvalue weighted by molar-refractivity contribution is -0.145. The molecule has 5 nitrogen and oxygen atoms in total. The summed E-state index contributed by atoms with van der Waals surface area (Å²) in [6, 6.07) is 4.32. The van der Waals surface area contributed by atoms with Gasteiger partial charge in [0, 0.05) is 13.2 Å². The zero-order valence-corrected chi connectivity index (χ0v) is 14.5. The molecule has 4 rings (SSSR count). The molecule has 128 valence electrons. The zero-order chi connectivity index (χ0) is 16.7. The van der Waals surface area contributed by atoms with Crippen molar-refractivity contribution in [1.82, 2.24) is 14.9 Å². The Hall–Kier alpha value is -1.88. The number of aryl methyl sites for hydroxylation is 2. The van der Waals surface area contributed by atoms with Gasteiger partial charge in [-0.15, -0.1) is 0 Å². The van der Waals surface area contributed by atoms with Crippen molar-refractivity contribution in [2.75, 3.05) is 13.2 Å². The van der Waals surface area contributed by atoms with E-state index in [4.69, 9.17) is 9.72 Å². The maximum Gasteiger partial charge on any atom is 0.252 e. The number of ether oxygens (including phenoxy) is 1. The Balaban J connectivity index is 1.66. The molecule has 5 heteroatoms. The molecule has 3 heterocycles. The van der Waals surface area contributed by atoms with Gasteiger partial charge in [-0.3, -0.25) is 4.79 Å². The van der Waals surface area contributed by atoms with Gasteiger partial charge in [-0.05, 0) is 69.2 Å². The van der Waals surface area contributed by atoms with E-state index in [0.717, 1.165) is 55.5 Å². The number of hydrogen-bond donors (Lipinski definition) is 1. The molecule has 1 N–H and O–H groups in total.